The van der Waals surface area contributed by atoms with Crippen molar-refractivity contribution in [1.29, 1.82) is 0 Å². The number of aliphatic hydroxyl groups is 1. The van der Waals surface area contributed by atoms with Gasteiger partial charge in [0.25, 0.3) is 0 Å². The van der Waals surface area contributed by atoms with Crippen molar-refractivity contribution >= 4 is 0 Å². The number of hydrogen-bond donors (Lipinski definition) is 2. The number of rotatable bonds is 8. The molecule has 1 saturated carbocycles. The molecule has 1 aromatic carbocycles. The van der Waals surface area contributed by atoms with Crippen LogP contribution in [0.4, 0.5) is 0 Å². The summed E-state index contributed by atoms with van der Waals surface area (Å²) in [6, 6.07) is 10.3. The minimum Gasteiger partial charge on any atom is -0.384 e. The Morgan fingerprint density at radius 2 is 1.95 bits per heavy atom. The van der Waals surface area contributed by atoms with Gasteiger partial charge >= 0.3 is 0 Å². The molecule has 1 aromatic rings. The lowest BCUT2D eigenvalue weighted by Gasteiger charge is -2.33. The highest BCUT2D eigenvalue weighted by atomic mass is 16.3. The molecule has 112 valence electrons. The van der Waals surface area contributed by atoms with E-state index in [9.17, 15) is 5.11 Å². The minimum atomic E-state index is -0.905. The number of benzene rings is 1. The molecule has 1 aliphatic rings. The van der Waals surface area contributed by atoms with Crippen LogP contribution in [-0.4, -0.2) is 35.7 Å². The van der Waals surface area contributed by atoms with Gasteiger partial charge in [-0.1, -0.05) is 30.3 Å². The summed E-state index contributed by atoms with van der Waals surface area (Å²) in [5, 5.41) is 10.8. The summed E-state index contributed by atoms with van der Waals surface area (Å²) in [4.78, 5) is 2.47. The van der Waals surface area contributed by atoms with E-state index in [4.69, 9.17) is 5.73 Å². The first kappa shape index (κ1) is 15.5. The van der Waals surface area contributed by atoms with Crippen molar-refractivity contribution in [3.8, 4) is 0 Å². The third-order valence-electron chi connectivity index (χ3n) is 4.38. The molecule has 0 radical (unpaired) electrons. The maximum Gasteiger partial charge on any atom is 0.103 e. The van der Waals surface area contributed by atoms with Crippen molar-refractivity contribution in [2.24, 2.45) is 11.7 Å². The summed E-state index contributed by atoms with van der Waals surface area (Å²) < 4.78 is 0. The first-order chi connectivity index (χ1) is 9.55. The zero-order valence-electron chi connectivity index (χ0n) is 12.8. The summed E-state index contributed by atoms with van der Waals surface area (Å²) in [5.74, 6) is 0.875. The van der Waals surface area contributed by atoms with E-state index >= 15 is 0 Å². The van der Waals surface area contributed by atoms with Gasteiger partial charge in [-0.25, -0.2) is 0 Å². The van der Waals surface area contributed by atoms with Crippen LogP contribution in [0.25, 0.3) is 0 Å². The van der Waals surface area contributed by atoms with E-state index in [0.717, 1.165) is 24.6 Å². The zero-order valence-corrected chi connectivity index (χ0v) is 12.8. The Hall–Kier alpha value is -0.900. The molecule has 0 heterocycles. The second-order valence-corrected chi connectivity index (χ2v) is 6.38. The van der Waals surface area contributed by atoms with E-state index in [2.05, 4.69) is 18.7 Å². The number of nitrogens with two attached hydrogens (primary N) is 1. The van der Waals surface area contributed by atoms with Crippen LogP contribution in [0.15, 0.2) is 30.3 Å². The van der Waals surface area contributed by atoms with Gasteiger partial charge in [0.1, 0.15) is 5.60 Å². The summed E-state index contributed by atoms with van der Waals surface area (Å²) >= 11 is 0. The maximum atomic E-state index is 10.8. The zero-order chi connectivity index (χ0) is 14.6. The van der Waals surface area contributed by atoms with E-state index in [1.165, 1.54) is 12.8 Å². The molecule has 20 heavy (non-hydrogen) atoms. The maximum absolute atomic E-state index is 10.8. The van der Waals surface area contributed by atoms with Crippen LogP contribution >= 0.6 is 0 Å². The molecule has 0 spiro atoms. The Balaban J connectivity index is 1.97. The van der Waals surface area contributed by atoms with Crippen LogP contribution in [0, 0.1) is 5.92 Å². The van der Waals surface area contributed by atoms with Crippen molar-refractivity contribution in [3.05, 3.63) is 35.9 Å². The lowest BCUT2D eigenvalue weighted by Crippen LogP contribution is -2.41. The first-order valence-corrected chi connectivity index (χ1v) is 7.77. The van der Waals surface area contributed by atoms with E-state index in [-0.39, 0.29) is 6.54 Å². The normalized spacial score (nSPS) is 18.5. The van der Waals surface area contributed by atoms with E-state index in [0.29, 0.717) is 12.5 Å². The molecule has 0 aliphatic heterocycles. The van der Waals surface area contributed by atoms with Gasteiger partial charge in [0, 0.05) is 25.7 Å². The monoisotopic (exact) mass is 276 g/mol. The quantitative estimate of drug-likeness (QED) is 0.766. The molecule has 3 nitrogen and oxygen atoms in total. The van der Waals surface area contributed by atoms with Gasteiger partial charge in [0.2, 0.25) is 0 Å². The van der Waals surface area contributed by atoms with Crippen molar-refractivity contribution in [1.82, 2.24) is 4.90 Å². The van der Waals surface area contributed by atoms with Crippen LogP contribution in [0.5, 0.6) is 0 Å². The molecule has 0 bridgehead atoms. The van der Waals surface area contributed by atoms with Gasteiger partial charge in [-0.3, -0.25) is 0 Å². The van der Waals surface area contributed by atoms with Gasteiger partial charge in [-0.15, -0.1) is 0 Å². The average molecular weight is 276 g/mol. The van der Waals surface area contributed by atoms with E-state index in [1.807, 2.05) is 30.3 Å². The van der Waals surface area contributed by atoms with Crippen LogP contribution in [0.2, 0.25) is 0 Å². The van der Waals surface area contributed by atoms with Gasteiger partial charge in [0.05, 0.1) is 0 Å². The van der Waals surface area contributed by atoms with Crippen LogP contribution < -0.4 is 5.73 Å². The number of hydrogen-bond acceptors (Lipinski definition) is 3. The Bertz CT molecular complexity index is 403. The SMILES string of the molecule is CC(C)N(CCC(O)(CN)c1ccccc1)CC1CC1. The van der Waals surface area contributed by atoms with Gasteiger partial charge in [0.15, 0.2) is 0 Å². The van der Waals surface area contributed by atoms with Crippen molar-refractivity contribution in [3.63, 3.8) is 0 Å². The van der Waals surface area contributed by atoms with Crippen molar-refractivity contribution in [2.75, 3.05) is 19.6 Å². The highest BCUT2D eigenvalue weighted by Gasteiger charge is 2.30. The molecule has 1 aliphatic carbocycles. The molecule has 0 saturated heterocycles. The summed E-state index contributed by atoms with van der Waals surface area (Å²) in [6.45, 7) is 6.79. The fraction of sp³-hybridized carbons (Fsp3) is 0.647. The van der Waals surface area contributed by atoms with Gasteiger partial charge in [-0.05, 0) is 44.6 Å². The van der Waals surface area contributed by atoms with Crippen molar-refractivity contribution in [2.45, 2.75) is 44.8 Å². The molecular weight excluding hydrogens is 248 g/mol. The molecule has 1 unspecified atom stereocenters. The van der Waals surface area contributed by atoms with Crippen LogP contribution in [-0.2, 0) is 5.60 Å². The minimum absolute atomic E-state index is 0.270. The largest absolute Gasteiger partial charge is 0.384 e. The summed E-state index contributed by atoms with van der Waals surface area (Å²) in [6.07, 6.45) is 3.42. The standard InChI is InChI=1S/C17H28N2O/c1-14(2)19(12-15-8-9-15)11-10-17(20,13-18)16-6-4-3-5-7-16/h3-7,14-15,20H,8-13,18H2,1-2H3. The number of nitrogens with zero attached hydrogens (tertiary/aromatic N) is 1. The first-order valence-electron chi connectivity index (χ1n) is 7.77. The predicted octanol–water partition coefficient (Wildman–Crippen LogP) is 2.34. The Morgan fingerprint density at radius 3 is 2.45 bits per heavy atom. The average Bonchev–Trinajstić information content (AvgIpc) is 3.27. The van der Waals surface area contributed by atoms with E-state index < -0.39 is 5.60 Å². The lowest BCUT2D eigenvalue weighted by molar-refractivity contribution is 0.0218. The molecule has 1 fully saturated rings. The molecule has 0 aromatic heterocycles. The smallest absolute Gasteiger partial charge is 0.103 e. The van der Waals surface area contributed by atoms with Gasteiger partial charge in [-0.2, -0.15) is 0 Å². The Morgan fingerprint density at radius 1 is 1.30 bits per heavy atom. The summed E-state index contributed by atoms with van der Waals surface area (Å²) in [5.41, 5.74) is 5.87. The third kappa shape index (κ3) is 4.05. The molecule has 2 rings (SSSR count). The van der Waals surface area contributed by atoms with Crippen LogP contribution in [0.3, 0.4) is 0 Å². The third-order valence-corrected chi connectivity index (χ3v) is 4.38. The highest BCUT2D eigenvalue weighted by molar-refractivity contribution is 5.22. The Kier molecular flexibility index (Phi) is 5.19. The second-order valence-electron chi connectivity index (χ2n) is 6.38. The Labute approximate surface area is 122 Å². The lowest BCUT2D eigenvalue weighted by atomic mass is 9.90. The molecule has 3 N–H and O–H groups in total. The summed E-state index contributed by atoms with van der Waals surface area (Å²) in [7, 11) is 0. The van der Waals surface area contributed by atoms with Gasteiger partial charge < -0.3 is 15.7 Å². The van der Waals surface area contributed by atoms with Crippen molar-refractivity contribution < 1.29 is 5.11 Å². The van der Waals surface area contributed by atoms with E-state index in [1.54, 1.807) is 0 Å². The predicted molar refractivity (Wildman–Crippen MR) is 83.4 cm³/mol. The highest BCUT2D eigenvalue weighted by Crippen LogP contribution is 2.31. The molecule has 3 heteroatoms. The van der Waals surface area contributed by atoms with Crippen LogP contribution in [0.1, 0.15) is 38.7 Å². The second kappa shape index (κ2) is 6.70. The fourth-order valence-corrected chi connectivity index (χ4v) is 2.63. The molecule has 1 atom stereocenters. The topological polar surface area (TPSA) is 49.5 Å². The fourth-order valence-electron chi connectivity index (χ4n) is 2.63. The molecular formula is C17H28N2O. The molecule has 0 amide bonds.